The van der Waals surface area contributed by atoms with E-state index in [2.05, 4.69) is 51.9 Å². The first kappa shape index (κ1) is 13.1. The number of nitrogens with zero attached hydrogens (tertiary/aromatic N) is 2. The van der Waals surface area contributed by atoms with Crippen molar-refractivity contribution in [3.05, 3.63) is 46.9 Å². The Morgan fingerprint density at radius 1 is 1.28 bits per heavy atom. The summed E-state index contributed by atoms with van der Waals surface area (Å²) in [5.74, 6) is 0. The standard InChI is InChI=1S/C14H19N3S/c1-17(10-14-11-18-12-16-14)9-5-8-15-13-6-3-2-4-7-13/h2-4,6-7,11-12,15H,5,8-10H2,1H3. The third-order valence-electron chi connectivity index (χ3n) is 2.73. The maximum Gasteiger partial charge on any atom is 0.0795 e. The van der Waals surface area contributed by atoms with Gasteiger partial charge in [-0.15, -0.1) is 11.3 Å². The van der Waals surface area contributed by atoms with Crippen LogP contribution >= 0.6 is 11.3 Å². The molecule has 4 heteroatoms. The van der Waals surface area contributed by atoms with Crippen molar-refractivity contribution in [1.82, 2.24) is 9.88 Å². The molecule has 0 bridgehead atoms. The molecule has 0 saturated heterocycles. The lowest BCUT2D eigenvalue weighted by molar-refractivity contribution is 0.322. The molecular weight excluding hydrogens is 242 g/mol. The third-order valence-corrected chi connectivity index (χ3v) is 3.37. The van der Waals surface area contributed by atoms with E-state index in [1.54, 1.807) is 11.3 Å². The molecule has 3 nitrogen and oxygen atoms in total. The Hall–Kier alpha value is -1.39. The second-order valence-electron chi connectivity index (χ2n) is 4.36. The molecular formula is C14H19N3S. The number of anilines is 1. The maximum absolute atomic E-state index is 4.29. The number of benzene rings is 1. The Bertz CT molecular complexity index is 428. The lowest BCUT2D eigenvalue weighted by Crippen LogP contribution is -2.21. The van der Waals surface area contributed by atoms with E-state index in [4.69, 9.17) is 0 Å². The molecule has 0 fully saturated rings. The average Bonchev–Trinajstić information content (AvgIpc) is 2.89. The Morgan fingerprint density at radius 2 is 2.11 bits per heavy atom. The fourth-order valence-electron chi connectivity index (χ4n) is 1.81. The lowest BCUT2D eigenvalue weighted by Gasteiger charge is -2.15. The van der Waals surface area contributed by atoms with Crippen LogP contribution in [0.2, 0.25) is 0 Å². The highest BCUT2D eigenvalue weighted by molar-refractivity contribution is 7.07. The first-order valence-corrected chi connectivity index (χ1v) is 7.13. The Labute approximate surface area is 112 Å². The molecule has 96 valence electrons. The number of para-hydroxylation sites is 1. The van der Waals surface area contributed by atoms with Crippen LogP contribution in [0.3, 0.4) is 0 Å². The summed E-state index contributed by atoms with van der Waals surface area (Å²) in [6.07, 6.45) is 1.13. The molecule has 0 radical (unpaired) electrons. The number of aromatic nitrogens is 1. The summed E-state index contributed by atoms with van der Waals surface area (Å²) in [5, 5.41) is 5.53. The van der Waals surface area contributed by atoms with E-state index in [-0.39, 0.29) is 0 Å². The molecule has 0 aliphatic carbocycles. The quantitative estimate of drug-likeness (QED) is 0.776. The number of hydrogen-bond acceptors (Lipinski definition) is 4. The molecule has 0 atom stereocenters. The summed E-state index contributed by atoms with van der Waals surface area (Å²) >= 11 is 1.66. The first-order chi connectivity index (χ1) is 8.84. The molecule has 0 amide bonds. The van der Waals surface area contributed by atoms with Gasteiger partial charge in [0.2, 0.25) is 0 Å². The van der Waals surface area contributed by atoms with Crippen molar-refractivity contribution in [1.29, 1.82) is 0 Å². The number of rotatable bonds is 7. The summed E-state index contributed by atoms with van der Waals surface area (Å²) in [4.78, 5) is 6.60. The van der Waals surface area contributed by atoms with Gasteiger partial charge in [-0.1, -0.05) is 18.2 Å². The summed E-state index contributed by atoms with van der Waals surface area (Å²) in [6, 6.07) is 10.3. The van der Waals surface area contributed by atoms with E-state index in [0.29, 0.717) is 0 Å². The van der Waals surface area contributed by atoms with E-state index in [0.717, 1.165) is 26.1 Å². The van der Waals surface area contributed by atoms with Crippen LogP contribution in [0.1, 0.15) is 12.1 Å². The molecule has 0 saturated carbocycles. The molecule has 2 rings (SSSR count). The van der Waals surface area contributed by atoms with Gasteiger partial charge < -0.3 is 10.2 Å². The van der Waals surface area contributed by atoms with Gasteiger partial charge >= 0.3 is 0 Å². The van der Waals surface area contributed by atoms with Crippen LogP contribution in [0.5, 0.6) is 0 Å². The van der Waals surface area contributed by atoms with Crippen molar-refractivity contribution < 1.29 is 0 Å². The zero-order valence-corrected chi connectivity index (χ0v) is 11.5. The summed E-state index contributed by atoms with van der Waals surface area (Å²) in [7, 11) is 2.14. The van der Waals surface area contributed by atoms with Crippen molar-refractivity contribution in [2.45, 2.75) is 13.0 Å². The summed E-state index contributed by atoms with van der Waals surface area (Å²) in [5.41, 5.74) is 4.25. The molecule has 0 aliphatic rings. The Kier molecular flexibility index (Phi) is 5.17. The normalized spacial score (nSPS) is 10.8. The van der Waals surface area contributed by atoms with Crippen LogP contribution in [-0.4, -0.2) is 30.0 Å². The van der Waals surface area contributed by atoms with Crippen LogP contribution in [0.4, 0.5) is 5.69 Å². The van der Waals surface area contributed by atoms with Gasteiger partial charge in [0, 0.05) is 24.2 Å². The van der Waals surface area contributed by atoms with Gasteiger partial charge in [0.05, 0.1) is 11.2 Å². The van der Waals surface area contributed by atoms with E-state index in [1.807, 2.05) is 11.6 Å². The van der Waals surface area contributed by atoms with Gasteiger partial charge in [-0.3, -0.25) is 0 Å². The van der Waals surface area contributed by atoms with E-state index in [1.165, 1.54) is 11.4 Å². The molecule has 1 aromatic heterocycles. The molecule has 2 aromatic rings. The Balaban J connectivity index is 1.60. The zero-order chi connectivity index (χ0) is 12.6. The highest BCUT2D eigenvalue weighted by atomic mass is 32.1. The van der Waals surface area contributed by atoms with Crippen LogP contribution in [0.15, 0.2) is 41.2 Å². The summed E-state index contributed by atoms with van der Waals surface area (Å²) < 4.78 is 0. The fourth-order valence-corrected chi connectivity index (χ4v) is 2.36. The molecule has 0 aliphatic heterocycles. The van der Waals surface area contributed by atoms with Crippen LogP contribution < -0.4 is 5.32 Å². The largest absolute Gasteiger partial charge is 0.385 e. The van der Waals surface area contributed by atoms with E-state index >= 15 is 0 Å². The fraction of sp³-hybridized carbons (Fsp3) is 0.357. The molecule has 1 aromatic carbocycles. The first-order valence-electron chi connectivity index (χ1n) is 6.19. The molecule has 18 heavy (non-hydrogen) atoms. The maximum atomic E-state index is 4.29. The van der Waals surface area contributed by atoms with Gasteiger partial charge in [0.25, 0.3) is 0 Å². The van der Waals surface area contributed by atoms with E-state index < -0.39 is 0 Å². The van der Waals surface area contributed by atoms with Gasteiger partial charge in [-0.05, 0) is 32.1 Å². The van der Waals surface area contributed by atoms with Crippen LogP contribution in [0.25, 0.3) is 0 Å². The average molecular weight is 261 g/mol. The number of nitrogens with one attached hydrogen (secondary N) is 1. The predicted octanol–water partition coefficient (Wildman–Crippen LogP) is 3.08. The summed E-state index contributed by atoms with van der Waals surface area (Å²) in [6.45, 7) is 3.03. The van der Waals surface area contributed by atoms with Gasteiger partial charge in [-0.2, -0.15) is 0 Å². The minimum atomic E-state index is 0.939. The van der Waals surface area contributed by atoms with Crippen molar-refractivity contribution in [2.24, 2.45) is 0 Å². The predicted molar refractivity (Wildman–Crippen MR) is 78.0 cm³/mol. The minimum Gasteiger partial charge on any atom is -0.385 e. The molecule has 1 heterocycles. The van der Waals surface area contributed by atoms with Gasteiger partial charge in [-0.25, -0.2) is 4.98 Å². The van der Waals surface area contributed by atoms with Crippen LogP contribution in [0, 0.1) is 0 Å². The highest BCUT2D eigenvalue weighted by Crippen LogP contribution is 2.06. The second kappa shape index (κ2) is 7.13. The highest BCUT2D eigenvalue weighted by Gasteiger charge is 2.01. The van der Waals surface area contributed by atoms with E-state index in [9.17, 15) is 0 Å². The zero-order valence-electron chi connectivity index (χ0n) is 10.7. The van der Waals surface area contributed by atoms with Crippen LogP contribution in [-0.2, 0) is 6.54 Å². The van der Waals surface area contributed by atoms with Crippen molar-refractivity contribution in [2.75, 3.05) is 25.5 Å². The molecule has 1 N–H and O–H groups in total. The van der Waals surface area contributed by atoms with Gasteiger partial charge in [0.1, 0.15) is 0 Å². The lowest BCUT2D eigenvalue weighted by atomic mass is 10.3. The monoisotopic (exact) mass is 261 g/mol. The third kappa shape index (κ3) is 4.47. The smallest absolute Gasteiger partial charge is 0.0795 e. The van der Waals surface area contributed by atoms with Gasteiger partial charge in [0.15, 0.2) is 0 Å². The van der Waals surface area contributed by atoms with Crippen molar-refractivity contribution >= 4 is 17.0 Å². The second-order valence-corrected chi connectivity index (χ2v) is 5.08. The topological polar surface area (TPSA) is 28.2 Å². The number of thiazole rings is 1. The van der Waals surface area contributed by atoms with Crippen molar-refractivity contribution in [3.63, 3.8) is 0 Å². The molecule has 0 spiro atoms. The Morgan fingerprint density at radius 3 is 2.83 bits per heavy atom. The van der Waals surface area contributed by atoms with Crippen molar-refractivity contribution in [3.8, 4) is 0 Å². The SMILES string of the molecule is CN(CCCNc1ccccc1)Cc1cscn1. The minimum absolute atomic E-state index is 0.939. The molecule has 0 unspecified atom stereocenters. The number of hydrogen-bond donors (Lipinski definition) is 1.